The van der Waals surface area contributed by atoms with E-state index in [9.17, 15) is 28.0 Å². The second-order valence-electron chi connectivity index (χ2n) is 8.14. The van der Waals surface area contributed by atoms with E-state index in [1.807, 2.05) is 6.07 Å². The Morgan fingerprint density at radius 1 is 1.17 bits per heavy atom. The molecular weight excluding hydrogens is 493 g/mol. The van der Waals surface area contributed by atoms with Crippen molar-refractivity contribution in [1.82, 2.24) is 4.90 Å². The topological polar surface area (TPSA) is 102 Å². The summed E-state index contributed by atoms with van der Waals surface area (Å²) in [7, 11) is -4.22. The van der Waals surface area contributed by atoms with Gasteiger partial charge in [0.25, 0.3) is 15.9 Å². The first-order chi connectivity index (χ1) is 16.7. The lowest BCUT2D eigenvalue weighted by molar-refractivity contribution is 0.0760. The van der Waals surface area contributed by atoms with Crippen LogP contribution in [0.15, 0.2) is 71.6 Å². The highest BCUT2D eigenvalue weighted by Crippen LogP contribution is 2.29. The van der Waals surface area contributed by atoms with E-state index in [1.165, 1.54) is 41.3 Å². The average Bonchev–Trinajstić information content (AvgIpc) is 3.30. The van der Waals surface area contributed by atoms with Gasteiger partial charge in [-0.15, -0.1) is 0 Å². The predicted molar refractivity (Wildman–Crippen MR) is 129 cm³/mol. The van der Waals surface area contributed by atoms with Gasteiger partial charge in [-0.3, -0.25) is 9.10 Å². The van der Waals surface area contributed by atoms with Crippen molar-refractivity contribution >= 4 is 33.2 Å². The van der Waals surface area contributed by atoms with Crippen molar-refractivity contribution in [2.45, 2.75) is 24.0 Å². The number of benzene rings is 3. The van der Waals surface area contributed by atoms with Gasteiger partial charge in [-0.25, -0.2) is 12.8 Å². The zero-order valence-electron chi connectivity index (χ0n) is 18.4. The molecule has 1 saturated heterocycles. The van der Waals surface area contributed by atoms with Crippen LogP contribution in [-0.2, 0) is 16.6 Å². The Kier molecular flexibility index (Phi) is 7.08. The molecule has 0 unspecified atom stereocenters. The van der Waals surface area contributed by atoms with Gasteiger partial charge in [0.1, 0.15) is 5.82 Å². The maximum atomic E-state index is 14.7. The van der Waals surface area contributed by atoms with E-state index in [0.717, 1.165) is 10.4 Å². The van der Waals surface area contributed by atoms with Gasteiger partial charge in [0.15, 0.2) is 0 Å². The Bertz CT molecular complexity index is 1410. The lowest BCUT2D eigenvalue weighted by atomic mass is 10.1. The Morgan fingerprint density at radius 3 is 2.57 bits per heavy atom. The summed E-state index contributed by atoms with van der Waals surface area (Å²) in [5.41, 5.74) is 0.555. The molecule has 3 aromatic carbocycles. The van der Waals surface area contributed by atoms with Crippen molar-refractivity contribution in [2.75, 3.05) is 17.4 Å². The third-order valence-electron chi connectivity index (χ3n) is 5.71. The molecule has 0 aromatic heterocycles. The van der Waals surface area contributed by atoms with E-state index in [4.69, 9.17) is 11.6 Å². The number of β-amino-alcohol motifs (C(OH)–C–C–N with tert-alkyl or cyclic N) is 1. The Morgan fingerprint density at radius 2 is 1.91 bits per heavy atom. The monoisotopic (exact) mass is 513 g/mol. The number of amides is 1. The number of rotatable bonds is 6. The van der Waals surface area contributed by atoms with E-state index in [2.05, 4.69) is 0 Å². The molecule has 0 spiro atoms. The lowest BCUT2D eigenvalue weighted by Crippen LogP contribution is -2.32. The molecule has 0 saturated carbocycles. The number of hydrogen-bond donors (Lipinski definition) is 1. The van der Waals surface area contributed by atoms with Gasteiger partial charge in [-0.2, -0.15) is 5.26 Å². The van der Waals surface area contributed by atoms with Gasteiger partial charge >= 0.3 is 0 Å². The SMILES string of the molecule is N#Cc1cccc(S(=O)(=O)N(Cc2ccc(Cl)cc2)c2ccc(F)c(C(=O)N3CC[C@@H](O)C3)c2)c1. The van der Waals surface area contributed by atoms with Crippen LogP contribution in [0.2, 0.25) is 5.02 Å². The maximum Gasteiger partial charge on any atom is 0.264 e. The Balaban J connectivity index is 1.79. The molecular formula is C25H21ClFN3O4S. The van der Waals surface area contributed by atoms with Crippen LogP contribution in [-0.4, -0.2) is 43.5 Å². The molecule has 1 heterocycles. The van der Waals surface area contributed by atoms with Gasteiger partial charge in [0.05, 0.1) is 40.4 Å². The van der Waals surface area contributed by atoms with E-state index >= 15 is 0 Å². The maximum absolute atomic E-state index is 14.7. The number of anilines is 1. The van der Waals surface area contributed by atoms with E-state index in [-0.39, 0.29) is 41.3 Å². The molecule has 3 aromatic rings. The second kappa shape index (κ2) is 10.0. The predicted octanol–water partition coefficient (Wildman–Crippen LogP) is 3.95. The van der Waals surface area contributed by atoms with E-state index in [1.54, 1.807) is 24.3 Å². The van der Waals surface area contributed by atoms with Crippen LogP contribution < -0.4 is 4.31 Å². The molecule has 1 amide bonds. The quantitative estimate of drug-likeness (QED) is 0.537. The Hall–Kier alpha value is -3.45. The fraction of sp³-hybridized carbons (Fsp3) is 0.200. The second-order valence-corrected chi connectivity index (χ2v) is 10.4. The molecule has 7 nitrogen and oxygen atoms in total. The number of sulfonamides is 1. The molecule has 10 heteroatoms. The van der Waals surface area contributed by atoms with Crippen LogP contribution in [0.5, 0.6) is 0 Å². The first kappa shape index (κ1) is 24.7. The van der Waals surface area contributed by atoms with Gasteiger partial charge in [-0.1, -0.05) is 29.8 Å². The van der Waals surface area contributed by atoms with E-state index in [0.29, 0.717) is 17.0 Å². The molecule has 180 valence electrons. The minimum Gasteiger partial charge on any atom is -0.391 e. The summed E-state index contributed by atoms with van der Waals surface area (Å²) in [4.78, 5) is 14.2. The lowest BCUT2D eigenvalue weighted by Gasteiger charge is -2.26. The molecule has 0 radical (unpaired) electrons. The van der Waals surface area contributed by atoms with Gasteiger partial charge < -0.3 is 10.0 Å². The zero-order chi connectivity index (χ0) is 25.2. The summed E-state index contributed by atoms with van der Waals surface area (Å²) in [5, 5.41) is 19.5. The van der Waals surface area contributed by atoms with Crippen LogP contribution in [0.3, 0.4) is 0 Å². The van der Waals surface area contributed by atoms with Crippen molar-refractivity contribution in [3.8, 4) is 6.07 Å². The third kappa shape index (κ3) is 5.30. The minimum absolute atomic E-state index is 0.0757. The number of hydrogen-bond acceptors (Lipinski definition) is 5. The molecule has 1 aliphatic rings. The average molecular weight is 514 g/mol. The van der Waals surface area contributed by atoms with Gasteiger partial charge in [0, 0.05) is 18.1 Å². The number of aliphatic hydroxyl groups is 1. The number of carbonyl (C=O) groups is 1. The highest BCUT2D eigenvalue weighted by Gasteiger charge is 2.30. The van der Waals surface area contributed by atoms with Crippen LogP contribution in [0.25, 0.3) is 0 Å². The molecule has 4 rings (SSSR count). The van der Waals surface area contributed by atoms with Crippen LogP contribution >= 0.6 is 11.6 Å². The molecule has 1 fully saturated rings. The number of halogens is 2. The number of aliphatic hydroxyl groups excluding tert-OH is 1. The summed E-state index contributed by atoms with van der Waals surface area (Å²) in [6.07, 6.45) is -0.293. The first-order valence-corrected chi connectivity index (χ1v) is 12.5. The highest BCUT2D eigenvalue weighted by atomic mass is 35.5. The van der Waals surface area contributed by atoms with Crippen molar-refractivity contribution < 1.29 is 22.7 Å². The van der Waals surface area contributed by atoms with E-state index < -0.39 is 27.9 Å². The van der Waals surface area contributed by atoms with Gasteiger partial charge in [-0.05, 0) is 60.5 Å². The summed E-state index contributed by atoms with van der Waals surface area (Å²) < 4.78 is 43.2. The molecule has 0 aliphatic carbocycles. The molecule has 1 N–H and O–H groups in total. The summed E-state index contributed by atoms with van der Waals surface area (Å²) >= 11 is 5.97. The van der Waals surface area contributed by atoms with Gasteiger partial charge in [0.2, 0.25) is 0 Å². The minimum atomic E-state index is -4.22. The van der Waals surface area contributed by atoms with Crippen molar-refractivity contribution in [2.24, 2.45) is 0 Å². The fourth-order valence-corrected chi connectivity index (χ4v) is 5.47. The smallest absolute Gasteiger partial charge is 0.264 e. The normalized spacial score (nSPS) is 15.6. The largest absolute Gasteiger partial charge is 0.391 e. The summed E-state index contributed by atoms with van der Waals surface area (Å²) in [5.74, 6) is -1.42. The molecule has 1 atom stereocenters. The molecule has 0 bridgehead atoms. The summed E-state index contributed by atoms with van der Waals surface area (Å²) in [6.45, 7) is 0.228. The third-order valence-corrected chi connectivity index (χ3v) is 7.73. The molecule has 35 heavy (non-hydrogen) atoms. The standard InChI is InChI=1S/C25H21ClFN3O4S/c26-19-6-4-17(5-7-19)15-30(35(33,34)22-3-1-2-18(12-22)14-28)20-8-9-24(27)23(13-20)25(32)29-11-10-21(31)16-29/h1-9,12-13,21,31H,10-11,15-16H2/t21-/m1/s1. The van der Waals surface area contributed by atoms with Crippen molar-refractivity contribution in [3.05, 3.63) is 94.3 Å². The van der Waals surface area contributed by atoms with Crippen LogP contribution in [0, 0.1) is 17.1 Å². The molecule has 1 aliphatic heterocycles. The fourth-order valence-electron chi connectivity index (χ4n) is 3.85. The highest BCUT2D eigenvalue weighted by molar-refractivity contribution is 7.92. The van der Waals surface area contributed by atoms with Crippen LogP contribution in [0.1, 0.15) is 27.9 Å². The zero-order valence-corrected chi connectivity index (χ0v) is 20.0. The van der Waals surface area contributed by atoms with Crippen molar-refractivity contribution in [1.29, 1.82) is 5.26 Å². The van der Waals surface area contributed by atoms with Crippen molar-refractivity contribution in [3.63, 3.8) is 0 Å². The number of nitrogens with zero attached hydrogens (tertiary/aromatic N) is 3. The Labute approximate surface area is 207 Å². The number of carbonyl (C=O) groups excluding carboxylic acids is 1. The van der Waals surface area contributed by atoms with Crippen LogP contribution in [0.4, 0.5) is 10.1 Å². The first-order valence-electron chi connectivity index (χ1n) is 10.7. The number of likely N-dealkylation sites (tertiary alicyclic amines) is 1. The number of nitriles is 1. The summed E-state index contributed by atoms with van der Waals surface area (Å²) in [6, 6.07) is 17.6.